The van der Waals surface area contributed by atoms with Gasteiger partial charge in [-0.05, 0) is 24.1 Å². The molecule has 0 fully saturated rings. The molecule has 0 atom stereocenters. The third kappa shape index (κ3) is 2.16. The van der Waals surface area contributed by atoms with Gasteiger partial charge in [0.05, 0.1) is 10.0 Å². The average Bonchev–Trinajstić information content (AvgIpc) is 2.06. The van der Waals surface area contributed by atoms with Gasteiger partial charge >= 0.3 is 0 Å². The molecule has 1 aromatic carbocycles. The maximum atomic E-state index is 5.94. The molecule has 0 aliphatic carbocycles. The summed E-state index contributed by atoms with van der Waals surface area (Å²) >= 11 is 17.7. The van der Waals surface area contributed by atoms with Gasteiger partial charge in [-0.3, -0.25) is 0 Å². The molecule has 12 heavy (non-hydrogen) atoms. The lowest BCUT2D eigenvalue weighted by Gasteiger charge is -2.06. The van der Waals surface area contributed by atoms with Gasteiger partial charge in [0.15, 0.2) is 0 Å². The minimum Gasteiger partial charge on any atom is -0.0840 e. The molecule has 0 aromatic heterocycles. The van der Waals surface area contributed by atoms with Crippen molar-refractivity contribution in [3.63, 3.8) is 0 Å². The molecule has 0 amide bonds. The molecule has 4 heteroatoms. The molecule has 0 bridgehead atoms. The van der Waals surface area contributed by atoms with Crippen LogP contribution >= 0.6 is 34.8 Å². The largest absolute Gasteiger partial charge is 0.0840 e. The van der Waals surface area contributed by atoms with Crippen LogP contribution in [0.4, 0.5) is 0 Å². The maximum Gasteiger partial charge on any atom is 0.0639 e. The van der Waals surface area contributed by atoms with Gasteiger partial charge in [-0.15, -0.1) is 0 Å². The van der Waals surface area contributed by atoms with E-state index in [2.05, 4.69) is 10.2 Å². The zero-order chi connectivity index (χ0) is 9.14. The SMILES string of the molecule is [Si]CCc1c(Cl)ccc(Cl)c1Cl. The summed E-state index contributed by atoms with van der Waals surface area (Å²) in [5.74, 6) is 0. The Bertz CT molecular complexity index is 286. The van der Waals surface area contributed by atoms with Crippen LogP contribution in [-0.2, 0) is 6.42 Å². The number of halogens is 3. The van der Waals surface area contributed by atoms with E-state index in [1.165, 1.54) is 0 Å². The van der Waals surface area contributed by atoms with E-state index in [0.717, 1.165) is 18.0 Å². The number of hydrogen-bond donors (Lipinski definition) is 0. The van der Waals surface area contributed by atoms with Crippen molar-refractivity contribution < 1.29 is 0 Å². The minimum atomic E-state index is 0.552. The first-order valence-electron chi connectivity index (χ1n) is 3.43. The first-order valence-corrected chi connectivity index (χ1v) is 5.28. The number of hydrogen-bond acceptors (Lipinski definition) is 0. The van der Waals surface area contributed by atoms with Gasteiger partial charge in [0.1, 0.15) is 0 Å². The van der Waals surface area contributed by atoms with Crippen molar-refractivity contribution in [2.24, 2.45) is 0 Å². The summed E-state index contributed by atoms with van der Waals surface area (Å²) in [5, 5.41) is 1.78. The molecule has 1 rings (SSSR count). The monoisotopic (exact) mass is 235 g/mol. The number of rotatable bonds is 2. The van der Waals surface area contributed by atoms with Crippen LogP contribution < -0.4 is 0 Å². The van der Waals surface area contributed by atoms with Crippen molar-refractivity contribution in [2.45, 2.75) is 12.5 Å². The molecule has 0 heterocycles. The van der Waals surface area contributed by atoms with Crippen molar-refractivity contribution in [1.29, 1.82) is 0 Å². The molecule has 0 saturated heterocycles. The fourth-order valence-electron chi connectivity index (χ4n) is 0.923. The Morgan fingerprint density at radius 2 is 1.67 bits per heavy atom. The topological polar surface area (TPSA) is 0 Å². The predicted octanol–water partition coefficient (Wildman–Crippen LogP) is 3.78. The Hall–Kier alpha value is 0.307. The van der Waals surface area contributed by atoms with Crippen LogP contribution in [0, 0.1) is 0 Å². The van der Waals surface area contributed by atoms with Gasteiger partial charge in [0.25, 0.3) is 0 Å². The molecule has 0 spiro atoms. The second-order valence-corrected chi connectivity index (χ2v) is 4.01. The van der Waals surface area contributed by atoms with E-state index in [9.17, 15) is 0 Å². The highest BCUT2D eigenvalue weighted by Gasteiger charge is 2.07. The van der Waals surface area contributed by atoms with Crippen molar-refractivity contribution in [2.75, 3.05) is 0 Å². The van der Waals surface area contributed by atoms with E-state index in [0.29, 0.717) is 15.1 Å². The molecular formula is C8H6Cl3Si. The lowest BCUT2D eigenvalue weighted by Crippen LogP contribution is -1.88. The molecule has 1 aromatic rings. The Balaban J connectivity index is 3.14. The van der Waals surface area contributed by atoms with Gasteiger partial charge in [0.2, 0.25) is 0 Å². The number of benzene rings is 1. The molecule has 0 saturated carbocycles. The minimum absolute atomic E-state index is 0.552. The zero-order valence-corrected chi connectivity index (χ0v) is 9.47. The average molecular weight is 237 g/mol. The fraction of sp³-hybridized carbons (Fsp3) is 0.250. The Morgan fingerprint density at radius 3 is 2.25 bits per heavy atom. The van der Waals surface area contributed by atoms with Crippen LogP contribution in [0.3, 0.4) is 0 Å². The Morgan fingerprint density at radius 1 is 1.08 bits per heavy atom. The summed E-state index contributed by atoms with van der Waals surface area (Å²) < 4.78 is 0. The molecule has 0 unspecified atom stereocenters. The second-order valence-electron chi connectivity index (χ2n) is 2.32. The zero-order valence-electron chi connectivity index (χ0n) is 6.20. The van der Waals surface area contributed by atoms with Crippen LogP contribution in [0.5, 0.6) is 0 Å². The van der Waals surface area contributed by atoms with Crippen molar-refractivity contribution in [3.05, 3.63) is 32.8 Å². The quantitative estimate of drug-likeness (QED) is 0.542. The van der Waals surface area contributed by atoms with Gasteiger partial charge in [0, 0.05) is 15.3 Å². The normalized spacial score (nSPS) is 10.3. The van der Waals surface area contributed by atoms with Crippen molar-refractivity contribution in [1.82, 2.24) is 0 Å². The van der Waals surface area contributed by atoms with E-state index in [1.807, 2.05) is 0 Å². The molecule has 0 aliphatic heterocycles. The van der Waals surface area contributed by atoms with Gasteiger partial charge in [-0.25, -0.2) is 0 Å². The molecule has 0 N–H and O–H groups in total. The summed E-state index contributed by atoms with van der Waals surface area (Å²) in [6.45, 7) is 0. The third-order valence-corrected chi connectivity index (χ3v) is 2.96. The van der Waals surface area contributed by atoms with Crippen LogP contribution in [-0.4, -0.2) is 10.2 Å². The lowest BCUT2D eigenvalue weighted by molar-refractivity contribution is 1.13. The summed E-state index contributed by atoms with van der Waals surface area (Å²) in [7, 11) is 3.36. The smallest absolute Gasteiger partial charge is 0.0639 e. The summed E-state index contributed by atoms with van der Waals surface area (Å²) in [6, 6.07) is 4.27. The molecule has 0 aliphatic rings. The van der Waals surface area contributed by atoms with E-state index >= 15 is 0 Å². The molecule has 63 valence electrons. The van der Waals surface area contributed by atoms with Crippen molar-refractivity contribution >= 4 is 45.0 Å². The van der Waals surface area contributed by atoms with E-state index < -0.39 is 0 Å². The predicted molar refractivity (Wildman–Crippen MR) is 55.7 cm³/mol. The first kappa shape index (κ1) is 10.4. The third-order valence-electron chi connectivity index (χ3n) is 1.51. The van der Waals surface area contributed by atoms with Crippen molar-refractivity contribution in [3.8, 4) is 0 Å². The van der Waals surface area contributed by atoms with Gasteiger partial charge in [-0.1, -0.05) is 40.8 Å². The van der Waals surface area contributed by atoms with Gasteiger partial charge in [-0.2, -0.15) is 0 Å². The molecule has 3 radical (unpaired) electrons. The summed E-state index contributed by atoms with van der Waals surface area (Å²) in [5.41, 5.74) is 0.904. The highest BCUT2D eigenvalue weighted by atomic mass is 35.5. The van der Waals surface area contributed by atoms with Crippen LogP contribution in [0.2, 0.25) is 21.1 Å². The highest BCUT2D eigenvalue weighted by Crippen LogP contribution is 2.31. The summed E-state index contributed by atoms with van der Waals surface area (Å²) in [6.07, 6.45) is 0.787. The van der Waals surface area contributed by atoms with E-state index in [1.54, 1.807) is 12.1 Å². The Labute approximate surface area is 90.2 Å². The molecular weight excluding hydrogens is 231 g/mol. The second kappa shape index (κ2) is 4.52. The van der Waals surface area contributed by atoms with Crippen LogP contribution in [0.25, 0.3) is 0 Å². The van der Waals surface area contributed by atoms with E-state index in [-0.39, 0.29) is 0 Å². The Kier molecular flexibility index (Phi) is 3.91. The highest BCUT2D eigenvalue weighted by molar-refractivity contribution is 6.44. The fourth-order valence-corrected chi connectivity index (χ4v) is 1.91. The van der Waals surface area contributed by atoms with Crippen LogP contribution in [0.1, 0.15) is 5.56 Å². The van der Waals surface area contributed by atoms with E-state index in [4.69, 9.17) is 34.8 Å². The van der Waals surface area contributed by atoms with Gasteiger partial charge < -0.3 is 0 Å². The summed E-state index contributed by atoms with van der Waals surface area (Å²) in [4.78, 5) is 0. The molecule has 0 nitrogen and oxygen atoms in total. The maximum absolute atomic E-state index is 5.94. The lowest BCUT2D eigenvalue weighted by atomic mass is 10.2. The first-order chi connectivity index (χ1) is 5.66. The standard InChI is InChI=1S/C8H6Cl3Si/c9-6-1-2-7(10)8(11)5(6)3-4-12/h1-2H,3-4H2. The van der Waals surface area contributed by atoms with Crippen LogP contribution in [0.15, 0.2) is 12.1 Å².